The summed E-state index contributed by atoms with van der Waals surface area (Å²) in [6.45, 7) is 2.91. The Balaban J connectivity index is 1.63. The van der Waals surface area contributed by atoms with E-state index in [1.54, 1.807) is 19.5 Å². The number of benzene rings is 1. The summed E-state index contributed by atoms with van der Waals surface area (Å²) in [7, 11) is 1.69. The van der Waals surface area contributed by atoms with Crippen LogP contribution in [0, 0.1) is 6.92 Å². The number of methoxy groups -OCH3 is 1. The quantitative estimate of drug-likeness (QED) is 0.781. The third-order valence-electron chi connectivity index (χ3n) is 5.31. The highest BCUT2D eigenvalue weighted by atomic mass is 16.5. The number of nitrogens with zero attached hydrogens (tertiary/aromatic N) is 2. The molecule has 26 heavy (non-hydrogen) atoms. The van der Waals surface area contributed by atoms with Crippen LogP contribution in [0.15, 0.2) is 42.7 Å². The van der Waals surface area contributed by atoms with Gasteiger partial charge in [-0.05, 0) is 62.1 Å². The van der Waals surface area contributed by atoms with E-state index in [0.29, 0.717) is 5.56 Å². The van der Waals surface area contributed by atoms with E-state index in [9.17, 15) is 4.79 Å². The van der Waals surface area contributed by atoms with Gasteiger partial charge in [0, 0.05) is 41.6 Å². The Morgan fingerprint density at radius 1 is 1.38 bits per heavy atom. The number of carbonyl (C=O) groups is 1. The van der Waals surface area contributed by atoms with Crippen molar-refractivity contribution in [3.8, 4) is 5.75 Å². The first kappa shape index (κ1) is 16.6. The van der Waals surface area contributed by atoms with Crippen molar-refractivity contribution in [2.45, 2.75) is 32.2 Å². The van der Waals surface area contributed by atoms with Gasteiger partial charge in [0.25, 0.3) is 5.91 Å². The molecule has 0 saturated carbocycles. The zero-order valence-corrected chi connectivity index (χ0v) is 15.2. The normalized spacial score (nSPS) is 17.0. The molecular weight excluding hydrogens is 326 g/mol. The Kier molecular flexibility index (Phi) is 4.37. The fraction of sp³-hybridized carbons (Fsp3) is 0.333. The molecule has 3 aromatic rings. The first-order valence-electron chi connectivity index (χ1n) is 9.03. The molecule has 4 rings (SSSR count). The summed E-state index contributed by atoms with van der Waals surface area (Å²) < 4.78 is 5.39. The van der Waals surface area contributed by atoms with Crippen LogP contribution < -0.4 is 4.74 Å². The van der Waals surface area contributed by atoms with E-state index < -0.39 is 0 Å². The highest BCUT2D eigenvalue weighted by molar-refractivity contribution is 5.94. The number of amides is 1. The number of hydrogen-bond acceptors (Lipinski definition) is 3. The van der Waals surface area contributed by atoms with Gasteiger partial charge in [-0.1, -0.05) is 0 Å². The number of likely N-dealkylation sites (tertiary alicyclic amines) is 1. The molecular formula is C21H23N3O2. The number of H-pyrrole nitrogens is 1. The lowest BCUT2D eigenvalue weighted by atomic mass is 10.0. The standard InChI is InChI=1S/C21H23N3O2/c1-14-18(19-12-17(26-2)7-8-20(19)23-14)11-16-6-4-10-24(16)21(25)15-5-3-9-22-13-15/h3,5,7-9,12-13,16,23H,4,6,10-11H2,1-2H3. The molecule has 0 aliphatic carbocycles. The van der Waals surface area contributed by atoms with Crippen molar-refractivity contribution in [1.82, 2.24) is 14.9 Å². The lowest BCUT2D eigenvalue weighted by molar-refractivity contribution is 0.0736. The largest absolute Gasteiger partial charge is 0.497 e. The van der Waals surface area contributed by atoms with Gasteiger partial charge in [-0.25, -0.2) is 0 Å². The average molecular weight is 349 g/mol. The van der Waals surface area contributed by atoms with Gasteiger partial charge in [-0.2, -0.15) is 0 Å². The van der Waals surface area contributed by atoms with E-state index in [-0.39, 0.29) is 11.9 Å². The SMILES string of the molecule is COc1ccc2[nH]c(C)c(CC3CCCN3C(=O)c3cccnc3)c2c1. The van der Waals surface area contributed by atoms with Gasteiger partial charge < -0.3 is 14.6 Å². The monoisotopic (exact) mass is 349 g/mol. The van der Waals surface area contributed by atoms with Crippen molar-refractivity contribution < 1.29 is 9.53 Å². The Morgan fingerprint density at radius 2 is 2.27 bits per heavy atom. The summed E-state index contributed by atoms with van der Waals surface area (Å²) in [4.78, 5) is 22.4. The predicted octanol–water partition coefficient (Wildman–Crippen LogP) is 3.73. The second kappa shape index (κ2) is 6.83. The molecule has 134 valence electrons. The van der Waals surface area contributed by atoms with Crippen LogP contribution in [0.3, 0.4) is 0 Å². The van der Waals surface area contributed by atoms with E-state index >= 15 is 0 Å². The molecule has 1 N–H and O–H groups in total. The molecule has 1 amide bonds. The van der Waals surface area contributed by atoms with Gasteiger partial charge in [-0.15, -0.1) is 0 Å². The van der Waals surface area contributed by atoms with Crippen molar-refractivity contribution in [2.24, 2.45) is 0 Å². The highest BCUT2D eigenvalue weighted by Crippen LogP contribution is 2.31. The number of fused-ring (bicyclic) bond motifs is 1. The summed E-state index contributed by atoms with van der Waals surface area (Å²) in [5.74, 6) is 0.933. The molecule has 1 aliphatic heterocycles. The fourth-order valence-electron chi connectivity index (χ4n) is 3.96. The maximum Gasteiger partial charge on any atom is 0.255 e. The summed E-state index contributed by atoms with van der Waals surface area (Å²) in [5.41, 5.74) is 4.21. The van der Waals surface area contributed by atoms with Crippen LogP contribution in [0.5, 0.6) is 5.75 Å². The summed E-state index contributed by atoms with van der Waals surface area (Å²) in [6, 6.07) is 9.97. The molecule has 3 heterocycles. The number of ether oxygens (including phenoxy) is 1. The van der Waals surface area contributed by atoms with Gasteiger partial charge in [0.2, 0.25) is 0 Å². The Morgan fingerprint density at radius 3 is 3.04 bits per heavy atom. The summed E-state index contributed by atoms with van der Waals surface area (Å²) in [6.07, 6.45) is 6.27. The fourth-order valence-corrected chi connectivity index (χ4v) is 3.96. The number of pyridine rings is 1. The van der Waals surface area contributed by atoms with Gasteiger partial charge in [0.05, 0.1) is 12.7 Å². The van der Waals surface area contributed by atoms with Crippen LogP contribution in [-0.2, 0) is 6.42 Å². The van der Waals surface area contributed by atoms with Gasteiger partial charge in [0.15, 0.2) is 0 Å². The van der Waals surface area contributed by atoms with Crippen molar-refractivity contribution in [2.75, 3.05) is 13.7 Å². The van der Waals surface area contributed by atoms with Crippen molar-refractivity contribution >= 4 is 16.8 Å². The third kappa shape index (κ3) is 2.94. The van der Waals surface area contributed by atoms with E-state index in [1.165, 1.54) is 10.9 Å². The van der Waals surface area contributed by atoms with E-state index in [0.717, 1.165) is 42.8 Å². The Labute approximate surface area is 153 Å². The molecule has 0 spiro atoms. The van der Waals surface area contributed by atoms with Crippen LogP contribution in [0.4, 0.5) is 0 Å². The minimum Gasteiger partial charge on any atom is -0.497 e. The lowest BCUT2D eigenvalue weighted by Gasteiger charge is -2.25. The van der Waals surface area contributed by atoms with Crippen LogP contribution in [0.2, 0.25) is 0 Å². The molecule has 1 aliphatic rings. The molecule has 0 bridgehead atoms. The van der Waals surface area contributed by atoms with Crippen molar-refractivity contribution in [3.05, 3.63) is 59.5 Å². The second-order valence-corrected chi connectivity index (χ2v) is 6.88. The molecule has 1 unspecified atom stereocenters. The first-order chi connectivity index (χ1) is 12.7. The highest BCUT2D eigenvalue weighted by Gasteiger charge is 2.30. The number of aromatic amines is 1. The van der Waals surface area contributed by atoms with Gasteiger partial charge >= 0.3 is 0 Å². The van der Waals surface area contributed by atoms with Gasteiger partial charge in [0.1, 0.15) is 5.75 Å². The van der Waals surface area contributed by atoms with Gasteiger partial charge in [-0.3, -0.25) is 9.78 Å². The van der Waals surface area contributed by atoms with Crippen LogP contribution >= 0.6 is 0 Å². The number of rotatable bonds is 4. The number of aromatic nitrogens is 2. The molecule has 1 fully saturated rings. The average Bonchev–Trinajstić information content (AvgIpc) is 3.26. The number of hydrogen-bond donors (Lipinski definition) is 1. The zero-order valence-electron chi connectivity index (χ0n) is 15.2. The number of aryl methyl sites for hydroxylation is 1. The maximum absolute atomic E-state index is 12.9. The van der Waals surface area contributed by atoms with Crippen LogP contribution in [0.1, 0.15) is 34.5 Å². The number of carbonyl (C=O) groups excluding carboxylic acids is 1. The molecule has 1 saturated heterocycles. The van der Waals surface area contributed by atoms with Crippen molar-refractivity contribution in [3.63, 3.8) is 0 Å². The summed E-state index contributed by atoms with van der Waals surface area (Å²) >= 11 is 0. The topological polar surface area (TPSA) is 58.2 Å². The predicted molar refractivity (Wildman–Crippen MR) is 102 cm³/mol. The maximum atomic E-state index is 12.9. The minimum atomic E-state index is 0.0793. The third-order valence-corrected chi connectivity index (χ3v) is 5.31. The second-order valence-electron chi connectivity index (χ2n) is 6.88. The smallest absolute Gasteiger partial charge is 0.255 e. The lowest BCUT2D eigenvalue weighted by Crippen LogP contribution is -2.36. The number of nitrogens with one attached hydrogen (secondary N) is 1. The van der Waals surface area contributed by atoms with E-state index in [1.807, 2.05) is 23.1 Å². The Hall–Kier alpha value is -2.82. The van der Waals surface area contributed by atoms with E-state index in [4.69, 9.17) is 4.74 Å². The molecule has 5 heteroatoms. The molecule has 0 radical (unpaired) electrons. The first-order valence-corrected chi connectivity index (χ1v) is 9.03. The molecule has 2 aromatic heterocycles. The zero-order chi connectivity index (χ0) is 18.1. The van der Waals surface area contributed by atoms with Crippen molar-refractivity contribution in [1.29, 1.82) is 0 Å². The van der Waals surface area contributed by atoms with Crippen LogP contribution in [0.25, 0.3) is 10.9 Å². The summed E-state index contributed by atoms with van der Waals surface area (Å²) in [5, 5.41) is 1.18. The van der Waals surface area contributed by atoms with E-state index in [2.05, 4.69) is 29.0 Å². The molecule has 1 atom stereocenters. The molecule has 5 nitrogen and oxygen atoms in total. The molecule has 1 aromatic carbocycles. The van der Waals surface area contributed by atoms with Crippen LogP contribution in [-0.4, -0.2) is 40.5 Å². The Bertz CT molecular complexity index is 933. The minimum absolute atomic E-state index is 0.0793.